The van der Waals surface area contributed by atoms with Crippen molar-refractivity contribution in [2.45, 2.75) is 39.5 Å². The number of rotatable bonds is 6. The highest BCUT2D eigenvalue weighted by Gasteiger charge is 2.22. The van der Waals surface area contributed by atoms with Crippen LogP contribution < -0.4 is 16.4 Å². The standard InChI is InChI=1S/C14H22N4O3/c1-8(2)12(15)14(21)17-9(3)13(20)18-10-4-5-11(7-19)16-6-10/h4-6,8-9,12,19H,7,15H2,1-3H3,(H,17,21)(H,18,20). The van der Waals surface area contributed by atoms with Gasteiger partial charge in [0, 0.05) is 0 Å². The molecule has 1 rings (SSSR count). The maximum atomic E-state index is 12.0. The summed E-state index contributed by atoms with van der Waals surface area (Å²) < 4.78 is 0. The molecule has 0 radical (unpaired) electrons. The van der Waals surface area contributed by atoms with Gasteiger partial charge in [0.1, 0.15) is 6.04 Å². The van der Waals surface area contributed by atoms with Crippen molar-refractivity contribution in [3.8, 4) is 0 Å². The number of pyridine rings is 1. The molecule has 0 spiro atoms. The van der Waals surface area contributed by atoms with E-state index in [2.05, 4.69) is 15.6 Å². The minimum Gasteiger partial charge on any atom is -0.390 e. The molecule has 1 heterocycles. The Labute approximate surface area is 123 Å². The summed E-state index contributed by atoms with van der Waals surface area (Å²) in [5.41, 5.74) is 6.72. The summed E-state index contributed by atoms with van der Waals surface area (Å²) in [5.74, 6) is -0.727. The van der Waals surface area contributed by atoms with Crippen LogP contribution in [-0.2, 0) is 16.2 Å². The molecule has 21 heavy (non-hydrogen) atoms. The molecule has 0 aromatic carbocycles. The maximum Gasteiger partial charge on any atom is 0.246 e. The zero-order valence-electron chi connectivity index (χ0n) is 12.5. The van der Waals surface area contributed by atoms with Crippen molar-refractivity contribution in [3.05, 3.63) is 24.0 Å². The third-order valence-corrected chi connectivity index (χ3v) is 3.03. The number of anilines is 1. The van der Waals surface area contributed by atoms with Gasteiger partial charge in [-0.15, -0.1) is 0 Å². The summed E-state index contributed by atoms with van der Waals surface area (Å²) >= 11 is 0. The number of aliphatic hydroxyl groups excluding tert-OH is 1. The number of nitrogens with zero attached hydrogens (tertiary/aromatic N) is 1. The first-order valence-corrected chi connectivity index (χ1v) is 6.77. The van der Waals surface area contributed by atoms with Crippen LogP contribution in [0.2, 0.25) is 0 Å². The number of carbonyl (C=O) groups is 2. The Kier molecular flexibility index (Phi) is 6.26. The van der Waals surface area contributed by atoms with E-state index in [1.807, 2.05) is 13.8 Å². The summed E-state index contributed by atoms with van der Waals surface area (Å²) in [4.78, 5) is 27.7. The van der Waals surface area contributed by atoms with Crippen molar-refractivity contribution < 1.29 is 14.7 Å². The van der Waals surface area contributed by atoms with Crippen LogP contribution in [-0.4, -0.2) is 34.0 Å². The van der Waals surface area contributed by atoms with Crippen molar-refractivity contribution >= 4 is 17.5 Å². The van der Waals surface area contributed by atoms with Gasteiger partial charge in [-0.25, -0.2) is 0 Å². The molecule has 1 aromatic rings. The molecule has 2 unspecified atom stereocenters. The quantitative estimate of drug-likeness (QED) is 0.589. The lowest BCUT2D eigenvalue weighted by atomic mass is 10.0. The zero-order chi connectivity index (χ0) is 16.0. The number of aromatic nitrogens is 1. The summed E-state index contributed by atoms with van der Waals surface area (Å²) in [5, 5.41) is 14.1. The second kappa shape index (κ2) is 7.70. The van der Waals surface area contributed by atoms with E-state index in [-0.39, 0.29) is 24.3 Å². The lowest BCUT2D eigenvalue weighted by Gasteiger charge is -2.19. The fraction of sp³-hybridized carbons (Fsp3) is 0.500. The van der Waals surface area contributed by atoms with Crippen LogP contribution in [0.15, 0.2) is 18.3 Å². The van der Waals surface area contributed by atoms with Crippen molar-refractivity contribution in [3.63, 3.8) is 0 Å². The monoisotopic (exact) mass is 294 g/mol. The largest absolute Gasteiger partial charge is 0.390 e. The second-order valence-electron chi connectivity index (χ2n) is 5.19. The maximum absolute atomic E-state index is 12.0. The fourth-order valence-electron chi connectivity index (χ4n) is 1.52. The van der Waals surface area contributed by atoms with Gasteiger partial charge in [-0.05, 0) is 25.0 Å². The molecule has 0 bridgehead atoms. The average Bonchev–Trinajstić information content (AvgIpc) is 2.46. The van der Waals surface area contributed by atoms with Gasteiger partial charge in [0.15, 0.2) is 0 Å². The third-order valence-electron chi connectivity index (χ3n) is 3.03. The predicted molar refractivity (Wildman–Crippen MR) is 79.2 cm³/mol. The van der Waals surface area contributed by atoms with Crippen LogP contribution >= 0.6 is 0 Å². The highest BCUT2D eigenvalue weighted by molar-refractivity contribution is 5.97. The van der Waals surface area contributed by atoms with Crippen molar-refractivity contribution in [2.24, 2.45) is 11.7 Å². The molecule has 116 valence electrons. The zero-order valence-corrected chi connectivity index (χ0v) is 12.5. The molecule has 0 saturated carbocycles. The van der Waals surface area contributed by atoms with Gasteiger partial charge in [-0.2, -0.15) is 0 Å². The number of hydrogen-bond donors (Lipinski definition) is 4. The molecule has 7 heteroatoms. The number of hydrogen-bond acceptors (Lipinski definition) is 5. The number of nitrogens with two attached hydrogens (primary N) is 1. The Balaban J connectivity index is 2.56. The van der Waals surface area contributed by atoms with Crippen molar-refractivity contribution in [1.29, 1.82) is 0 Å². The van der Waals surface area contributed by atoms with Crippen molar-refractivity contribution in [2.75, 3.05) is 5.32 Å². The van der Waals surface area contributed by atoms with Crippen LogP contribution in [0.5, 0.6) is 0 Å². The van der Waals surface area contributed by atoms with Crippen LogP contribution in [0.4, 0.5) is 5.69 Å². The Hall–Kier alpha value is -1.99. The summed E-state index contributed by atoms with van der Waals surface area (Å²) in [6.07, 6.45) is 1.44. The summed E-state index contributed by atoms with van der Waals surface area (Å²) in [6, 6.07) is 1.88. The molecular formula is C14H22N4O3. The molecule has 0 fully saturated rings. The molecule has 0 aliphatic carbocycles. The van der Waals surface area contributed by atoms with Gasteiger partial charge in [0.05, 0.1) is 30.2 Å². The van der Waals surface area contributed by atoms with E-state index in [9.17, 15) is 9.59 Å². The first kappa shape index (κ1) is 17.1. The van der Waals surface area contributed by atoms with Gasteiger partial charge in [0.2, 0.25) is 11.8 Å². The van der Waals surface area contributed by atoms with E-state index >= 15 is 0 Å². The van der Waals surface area contributed by atoms with Crippen LogP contribution in [0.3, 0.4) is 0 Å². The molecule has 0 aliphatic rings. The average molecular weight is 294 g/mol. The smallest absolute Gasteiger partial charge is 0.246 e. The Bertz CT molecular complexity index is 487. The molecular weight excluding hydrogens is 272 g/mol. The highest BCUT2D eigenvalue weighted by Crippen LogP contribution is 2.07. The van der Waals surface area contributed by atoms with Gasteiger partial charge in [-0.1, -0.05) is 13.8 Å². The first-order chi connectivity index (χ1) is 9.85. The third kappa shape index (κ3) is 5.13. The fourth-order valence-corrected chi connectivity index (χ4v) is 1.52. The SMILES string of the molecule is CC(NC(=O)C(N)C(C)C)C(=O)Nc1ccc(CO)nc1. The van der Waals surface area contributed by atoms with E-state index < -0.39 is 12.1 Å². The van der Waals surface area contributed by atoms with Crippen LogP contribution in [0.25, 0.3) is 0 Å². The molecule has 2 amide bonds. The highest BCUT2D eigenvalue weighted by atomic mass is 16.3. The lowest BCUT2D eigenvalue weighted by molar-refractivity contribution is -0.127. The Morgan fingerprint density at radius 1 is 1.29 bits per heavy atom. The molecule has 7 nitrogen and oxygen atoms in total. The summed E-state index contributed by atoms with van der Waals surface area (Å²) in [6.45, 7) is 5.09. The normalized spacial score (nSPS) is 13.6. The minimum atomic E-state index is -0.709. The van der Waals surface area contributed by atoms with Crippen LogP contribution in [0, 0.1) is 5.92 Å². The number of aliphatic hydroxyl groups is 1. The van der Waals surface area contributed by atoms with Crippen LogP contribution in [0.1, 0.15) is 26.5 Å². The molecule has 5 N–H and O–H groups in total. The van der Waals surface area contributed by atoms with E-state index in [1.165, 1.54) is 6.20 Å². The molecule has 1 aromatic heterocycles. The van der Waals surface area contributed by atoms with Gasteiger partial charge < -0.3 is 21.5 Å². The van der Waals surface area contributed by atoms with E-state index in [4.69, 9.17) is 10.8 Å². The Morgan fingerprint density at radius 3 is 2.43 bits per heavy atom. The van der Waals surface area contributed by atoms with Gasteiger partial charge in [-0.3, -0.25) is 14.6 Å². The van der Waals surface area contributed by atoms with E-state index in [0.29, 0.717) is 11.4 Å². The number of amides is 2. The topological polar surface area (TPSA) is 117 Å². The number of nitrogens with one attached hydrogen (secondary N) is 2. The first-order valence-electron chi connectivity index (χ1n) is 6.77. The molecule has 2 atom stereocenters. The predicted octanol–water partition coefficient (Wildman–Crippen LogP) is 0.000400. The minimum absolute atomic E-state index is 0.00418. The Morgan fingerprint density at radius 2 is 1.95 bits per heavy atom. The number of carbonyl (C=O) groups excluding carboxylic acids is 2. The molecule has 0 aliphatic heterocycles. The van der Waals surface area contributed by atoms with E-state index in [0.717, 1.165) is 0 Å². The summed E-state index contributed by atoms with van der Waals surface area (Å²) in [7, 11) is 0. The molecule has 0 saturated heterocycles. The lowest BCUT2D eigenvalue weighted by Crippen LogP contribution is -2.50. The van der Waals surface area contributed by atoms with Gasteiger partial charge >= 0.3 is 0 Å². The van der Waals surface area contributed by atoms with Crippen molar-refractivity contribution in [1.82, 2.24) is 10.3 Å². The second-order valence-corrected chi connectivity index (χ2v) is 5.19. The van der Waals surface area contributed by atoms with Gasteiger partial charge in [0.25, 0.3) is 0 Å². The van der Waals surface area contributed by atoms with E-state index in [1.54, 1.807) is 19.1 Å².